The molecule has 2 N–H and O–H groups in total. The number of aromatic hydroxyl groups is 2. The third-order valence-electron chi connectivity index (χ3n) is 2.63. The molecule has 68 valence electrons. The van der Waals surface area contributed by atoms with E-state index in [1.165, 1.54) is 12.1 Å². The van der Waals surface area contributed by atoms with Crippen LogP contribution in [-0.4, -0.2) is 10.2 Å². The summed E-state index contributed by atoms with van der Waals surface area (Å²) < 4.78 is 0. The molecule has 0 unspecified atom stereocenters. The van der Waals surface area contributed by atoms with Crippen LogP contribution in [0.3, 0.4) is 0 Å². The first-order valence-corrected chi connectivity index (χ1v) is 4.44. The molecule has 0 atom stereocenters. The summed E-state index contributed by atoms with van der Waals surface area (Å²) in [6.07, 6.45) is 0. The monoisotopic (exact) mass is 184 g/mol. The second kappa shape index (κ2) is 2.29. The molecule has 0 aliphatic heterocycles. The average molecular weight is 184 g/mol. The summed E-state index contributed by atoms with van der Waals surface area (Å²) >= 11 is 0. The quantitative estimate of drug-likeness (QED) is 0.527. The molecule has 0 saturated heterocycles. The van der Waals surface area contributed by atoms with E-state index in [0.29, 0.717) is 0 Å². The van der Waals surface area contributed by atoms with Crippen LogP contribution in [-0.2, 0) is 0 Å². The van der Waals surface area contributed by atoms with Gasteiger partial charge < -0.3 is 10.2 Å². The van der Waals surface area contributed by atoms with Crippen LogP contribution in [0.25, 0.3) is 22.3 Å². The van der Waals surface area contributed by atoms with Crippen molar-refractivity contribution in [2.45, 2.75) is 0 Å². The predicted octanol–water partition coefficient (Wildman–Crippen LogP) is 2.75. The molecule has 14 heavy (non-hydrogen) atoms. The molecule has 0 spiro atoms. The number of rotatable bonds is 0. The van der Waals surface area contributed by atoms with E-state index in [1.54, 1.807) is 0 Å². The summed E-state index contributed by atoms with van der Waals surface area (Å²) in [6, 6.07) is 10.8. The summed E-state index contributed by atoms with van der Waals surface area (Å²) in [5.41, 5.74) is 3.55. The maximum absolute atomic E-state index is 9.61. The third kappa shape index (κ3) is 0.708. The van der Waals surface area contributed by atoms with Crippen molar-refractivity contribution in [3.63, 3.8) is 0 Å². The lowest BCUT2D eigenvalue weighted by Crippen LogP contribution is -1.98. The predicted molar refractivity (Wildman–Crippen MR) is 54.2 cm³/mol. The van der Waals surface area contributed by atoms with Gasteiger partial charge in [-0.2, -0.15) is 0 Å². The summed E-state index contributed by atoms with van der Waals surface area (Å²) in [7, 11) is 0. The summed E-state index contributed by atoms with van der Waals surface area (Å²) in [5.74, 6) is 0.466. The molecule has 2 aromatic rings. The van der Waals surface area contributed by atoms with E-state index in [9.17, 15) is 10.2 Å². The van der Waals surface area contributed by atoms with Crippen molar-refractivity contribution in [2.75, 3.05) is 0 Å². The van der Waals surface area contributed by atoms with Crippen molar-refractivity contribution in [1.29, 1.82) is 0 Å². The molecule has 1 aliphatic rings. The topological polar surface area (TPSA) is 40.5 Å². The van der Waals surface area contributed by atoms with E-state index in [-0.39, 0.29) is 11.5 Å². The number of phenolic OH excluding ortho intramolecular Hbond substituents is 2. The number of hydrogen-bond donors (Lipinski definition) is 2. The van der Waals surface area contributed by atoms with Gasteiger partial charge in [0.1, 0.15) is 11.5 Å². The summed E-state index contributed by atoms with van der Waals surface area (Å²) in [4.78, 5) is 0. The lowest BCUT2D eigenvalue weighted by molar-refractivity contribution is 0.462. The molecule has 0 heterocycles. The Morgan fingerprint density at radius 2 is 1.07 bits per heavy atom. The molecule has 1 aliphatic carbocycles. The van der Waals surface area contributed by atoms with Crippen molar-refractivity contribution < 1.29 is 10.2 Å². The fraction of sp³-hybridized carbons (Fsp3) is 0. The Morgan fingerprint density at radius 1 is 0.643 bits per heavy atom. The number of benzene rings is 2. The second-order valence-electron chi connectivity index (χ2n) is 3.40. The van der Waals surface area contributed by atoms with Gasteiger partial charge in [0, 0.05) is 11.1 Å². The fourth-order valence-electron chi connectivity index (χ4n) is 1.98. The molecular weight excluding hydrogens is 176 g/mol. The minimum absolute atomic E-state index is 0.233. The zero-order chi connectivity index (χ0) is 9.71. The van der Waals surface area contributed by atoms with E-state index in [2.05, 4.69) is 0 Å². The first-order chi connectivity index (χ1) is 6.79. The van der Waals surface area contributed by atoms with Gasteiger partial charge in [-0.3, -0.25) is 0 Å². The molecule has 0 fully saturated rings. The van der Waals surface area contributed by atoms with Crippen LogP contribution in [0.15, 0.2) is 36.4 Å². The standard InChI is InChI=1S/C12H8O2/c13-9-5-6-10(14)12-8-4-2-1-3-7(8)11(9)12/h1-6,13-14H. The van der Waals surface area contributed by atoms with E-state index in [0.717, 1.165) is 22.3 Å². The first-order valence-electron chi connectivity index (χ1n) is 4.44. The van der Waals surface area contributed by atoms with E-state index in [1.807, 2.05) is 24.3 Å². The van der Waals surface area contributed by atoms with Crippen LogP contribution < -0.4 is 0 Å². The van der Waals surface area contributed by atoms with Crippen molar-refractivity contribution in [3.05, 3.63) is 36.4 Å². The smallest absolute Gasteiger partial charge is 0.124 e. The normalized spacial score (nSPS) is 11.4. The highest BCUT2D eigenvalue weighted by molar-refractivity contribution is 6.07. The molecule has 0 saturated carbocycles. The van der Waals surface area contributed by atoms with Gasteiger partial charge in [-0.25, -0.2) is 0 Å². The summed E-state index contributed by atoms with van der Waals surface area (Å²) in [5, 5.41) is 19.2. The fourth-order valence-corrected chi connectivity index (χ4v) is 1.98. The maximum Gasteiger partial charge on any atom is 0.124 e. The Bertz CT molecular complexity index is 482. The Balaban J connectivity index is 2.37. The second-order valence-corrected chi connectivity index (χ2v) is 3.40. The molecule has 2 aromatic carbocycles. The van der Waals surface area contributed by atoms with Gasteiger partial charge in [-0.05, 0) is 23.3 Å². The lowest BCUT2D eigenvalue weighted by atomic mass is 9.79. The number of hydrogen-bond acceptors (Lipinski definition) is 2. The van der Waals surface area contributed by atoms with Crippen LogP contribution in [0.4, 0.5) is 0 Å². The van der Waals surface area contributed by atoms with Crippen LogP contribution in [0.1, 0.15) is 0 Å². The third-order valence-corrected chi connectivity index (χ3v) is 2.63. The van der Waals surface area contributed by atoms with Crippen LogP contribution in [0.5, 0.6) is 11.5 Å². The molecule has 0 bridgehead atoms. The summed E-state index contributed by atoms with van der Waals surface area (Å²) in [6.45, 7) is 0. The zero-order valence-corrected chi connectivity index (χ0v) is 7.36. The maximum atomic E-state index is 9.61. The van der Waals surface area contributed by atoms with Gasteiger partial charge in [-0.1, -0.05) is 24.3 Å². The van der Waals surface area contributed by atoms with E-state index < -0.39 is 0 Å². The molecule has 0 radical (unpaired) electrons. The molecular formula is C12H8O2. The van der Waals surface area contributed by atoms with Crippen LogP contribution in [0.2, 0.25) is 0 Å². The Labute approximate surface area is 81.1 Å². The molecule has 0 amide bonds. The van der Waals surface area contributed by atoms with Gasteiger partial charge in [0.05, 0.1) is 0 Å². The molecule has 2 nitrogen and oxygen atoms in total. The van der Waals surface area contributed by atoms with Crippen LogP contribution >= 0.6 is 0 Å². The zero-order valence-electron chi connectivity index (χ0n) is 7.36. The average Bonchev–Trinajstić information content (AvgIpc) is 2.16. The molecule has 0 aromatic heterocycles. The SMILES string of the molecule is Oc1ccc(O)c2c1-c1ccccc1-2. The highest BCUT2D eigenvalue weighted by Gasteiger charge is 2.27. The number of fused-ring (bicyclic) bond motifs is 4. The largest absolute Gasteiger partial charge is 0.507 e. The molecule has 3 rings (SSSR count). The minimum atomic E-state index is 0.233. The van der Waals surface area contributed by atoms with Crippen LogP contribution in [0, 0.1) is 0 Å². The lowest BCUT2D eigenvalue weighted by Gasteiger charge is -2.25. The van der Waals surface area contributed by atoms with E-state index in [4.69, 9.17) is 0 Å². The van der Waals surface area contributed by atoms with Crippen molar-refractivity contribution >= 4 is 0 Å². The van der Waals surface area contributed by atoms with E-state index >= 15 is 0 Å². The van der Waals surface area contributed by atoms with Gasteiger partial charge in [0.15, 0.2) is 0 Å². The molecule has 2 heteroatoms. The van der Waals surface area contributed by atoms with Crippen molar-refractivity contribution in [1.82, 2.24) is 0 Å². The van der Waals surface area contributed by atoms with Gasteiger partial charge in [0.25, 0.3) is 0 Å². The Morgan fingerprint density at radius 3 is 1.50 bits per heavy atom. The Kier molecular flexibility index (Phi) is 1.22. The van der Waals surface area contributed by atoms with Gasteiger partial charge in [-0.15, -0.1) is 0 Å². The Hall–Kier alpha value is -1.96. The highest BCUT2D eigenvalue weighted by Crippen LogP contribution is 2.55. The van der Waals surface area contributed by atoms with Crippen molar-refractivity contribution in [2.24, 2.45) is 0 Å². The van der Waals surface area contributed by atoms with Gasteiger partial charge in [0.2, 0.25) is 0 Å². The number of phenols is 2. The first kappa shape index (κ1) is 7.44. The minimum Gasteiger partial charge on any atom is -0.507 e. The van der Waals surface area contributed by atoms with Crippen molar-refractivity contribution in [3.8, 4) is 33.8 Å². The highest BCUT2D eigenvalue weighted by atomic mass is 16.3. The van der Waals surface area contributed by atoms with Gasteiger partial charge >= 0.3 is 0 Å².